The molecule has 1 aliphatic rings. The fourth-order valence-electron chi connectivity index (χ4n) is 5.05. The summed E-state index contributed by atoms with van der Waals surface area (Å²) in [7, 11) is -3.65. The summed E-state index contributed by atoms with van der Waals surface area (Å²) in [5, 5.41) is 5.24. The van der Waals surface area contributed by atoms with Crippen LogP contribution in [0.25, 0.3) is 21.8 Å². The molecule has 0 unspecified atom stereocenters. The van der Waals surface area contributed by atoms with Crippen LogP contribution in [0.5, 0.6) is 0 Å². The number of aryl methyl sites for hydroxylation is 1. The van der Waals surface area contributed by atoms with Crippen LogP contribution in [0.1, 0.15) is 6.92 Å². The summed E-state index contributed by atoms with van der Waals surface area (Å²) in [6.07, 6.45) is 0. The van der Waals surface area contributed by atoms with Crippen molar-refractivity contribution in [3.8, 4) is 0 Å². The van der Waals surface area contributed by atoms with Crippen LogP contribution in [-0.2, 0) is 21.2 Å². The maximum atomic E-state index is 13.2. The number of carbonyl (C=O) groups excluding carboxylic acids is 1. The molecule has 0 saturated carbocycles. The van der Waals surface area contributed by atoms with Crippen molar-refractivity contribution in [3.05, 3.63) is 91.0 Å². The molecule has 1 amide bonds. The Bertz CT molecular complexity index is 1680. The maximum Gasteiger partial charge on any atom is 0.244 e. The molecular weight excluding hydrogens is 458 g/mol. The molecule has 0 saturated heterocycles. The number of benzene rings is 4. The fourth-order valence-corrected chi connectivity index (χ4v) is 6.71. The van der Waals surface area contributed by atoms with E-state index in [1.165, 1.54) is 0 Å². The first-order chi connectivity index (χ1) is 17.0. The van der Waals surface area contributed by atoms with Crippen molar-refractivity contribution < 1.29 is 13.2 Å². The van der Waals surface area contributed by atoms with Gasteiger partial charge in [-0.3, -0.25) is 4.79 Å². The highest BCUT2D eigenvalue weighted by atomic mass is 32.2. The second-order valence-electron chi connectivity index (χ2n) is 8.57. The van der Waals surface area contributed by atoms with Gasteiger partial charge in [0.05, 0.1) is 21.2 Å². The lowest BCUT2D eigenvalue weighted by Gasteiger charge is -2.32. The number of para-hydroxylation sites is 3. The molecule has 6 rings (SSSR count). The van der Waals surface area contributed by atoms with Crippen LogP contribution in [0.15, 0.2) is 101 Å². The van der Waals surface area contributed by atoms with Gasteiger partial charge in [-0.1, -0.05) is 42.5 Å². The third-order valence-corrected chi connectivity index (χ3v) is 8.41. The van der Waals surface area contributed by atoms with Crippen LogP contribution in [0.3, 0.4) is 0 Å². The molecule has 4 aromatic carbocycles. The lowest BCUT2D eigenvalue weighted by atomic mass is 10.1. The Morgan fingerprint density at radius 3 is 2.06 bits per heavy atom. The van der Waals surface area contributed by atoms with E-state index in [9.17, 15) is 13.2 Å². The highest BCUT2D eigenvalue weighted by Crippen LogP contribution is 2.43. The summed E-state index contributed by atoms with van der Waals surface area (Å²) >= 11 is 0. The number of rotatable bonds is 4. The Labute approximate surface area is 203 Å². The van der Waals surface area contributed by atoms with E-state index in [-0.39, 0.29) is 22.2 Å². The first-order valence-electron chi connectivity index (χ1n) is 11.5. The second-order valence-corrected chi connectivity index (χ2v) is 10.5. The van der Waals surface area contributed by atoms with Gasteiger partial charge in [0.2, 0.25) is 15.7 Å². The van der Waals surface area contributed by atoms with Crippen LogP contribution in [0.4, 0.5) is 17.1 Å². The van der Waals surface area contributed by atoms with E-state index in [2.05, 4.69) is 28.9 Å². The predicted molar refractivity (Wildman–Crippen MR) is 139 cm³/mol. The van der Waals surface area contributed by atoms with Gasteiger partial charge >= 0.3 is 0 Å². The summed E-state index contributed by atoms with van der Waals surface area (Å²) in [6, 6.07) is 27.8. The van der Waals surface area contributed by atoms with Crippen LogP contribution < -0.4 is 10.2 Å². The Morgan fingerprint density at radius 1 is 0.771 bits per heavy atom. The van der Waals surface area contributed by atoms with E-state index >= 15 is 0 Å². The predicted octanol–water partition coefficient (Wildman–Crippen LogP) is 5.74. The average molecular weight is 482 g/mol. The molecule has 174 valence electrons. The summed E-state index contributed by atoms with van der Waals surface area (Å²) < 4.78 is 28.6. The topological polar surface area (TPSA) is 71.4 Å². The number of anilines is 3. The molecule has 2 heterocycles. The first kappa shape index (κ1) is 21.4. The third kappa shape index (κ3) is 3.31. The monoisotopic (exact) mass is 481 g/mol. The van der Waals surface area contributed by atoms with Gasteiger partial charge in [-0.15, -0.1) is 0 Å². The first-order valence-corrected chi connectivity index (χ1v) is 13.0. The number of aromatic nitrogens is 1. The molecule has 0 spiro atoms. The van der Waals surface area contributed by atoms with E-state index in [4.69, 9.17) is 0 Å². The minimum atomic E-state index is -3.65. The van der Waals surface area contributed by atoms with Gasteiger partial charge in [0.1, 0.15) is 6.54 Å². The van der Waals surface area contributed by atoms with Crippen LogP contribution in [0.2, 0.25) is 0 Å². The van der Waals surface area contributed by atoms with Crippen molar-refractivity contribution >= 4 is 54.6 Å². The van der Waals surface area contributed by atoms with Gasteiger partial charge < -0.3 is 14.8 Å². The zero-order valence-electron chi connectivity index (χ0n) is 19.1. The van der Waals surface area contributed by atoms with E-state index in [0.29, 0.717) is 17.1 Å². The summed E-state index contributed by atoms with van der Waals surface area (Å²) in [4.78, 5) is 15.4. The molecule has 0 bridgehead atoms. The average Bonchev–Trinajstić information content (AvgIpc) is 3.20. The molecule has 0 atom stereocenters. The van der Waals surface area contributed by atoms with Gasteiger partial charge in [-0.2, -0.15) is 0 Å². The van der Waals surface area contributed by atoms with Crippen molar-refractivity contribution in [2.45, 2.75) is 23.3 Å². The highest BCUT2D eigenvalue weighted by molar-refractivity contribution is 7.92. The lowest BCUT2D eigenvalue weighted by Crippen LogP contribution is -2.33. The number of sulfone groups is 1. The fraction of sp³-hybridized carbons (Fsp3) is 0.107. The molecule has 0 radical (unpaired) electrons. The highest BCUT2D eigenvalue weighted by Gasteiger charge is 2.34. The SMILES string of the molecule is CCn1c2ccccc2c2cc(NC(=O)CN3c4ccccc4S(=O)(=O)c4ccccc43)ccc21. The Morgan fingerprint density at radius 2 is 1.37 bits per heavy atom. The van der Waals surface area contributed by atoms with E-state index in [1.807, 2.05) is 30.3 Å². The maximum absolute atomic E-state index is 13.2. The molecule has 35 heavy (non-hydrogen) atoms. The molecule has 1 N–H and O–H groups in total. The minimum Gasteiger partial charge on any atom is -0.341 e. The van der Waals surface area contributed by atoms with Crippen molar-refractivity contribution in [2.24, 2.45) is 0 Å². The van der Waals surface area contributed by atoms with Crippen molar-refractivity contribution in [1.29, 1.82) is 0 Å². The van der Waals surface area contributed by atoms with E-state index in [0.717, 1.165) is 28.4 Å². The van der Waals surface area contributed by atoms with Crippen molar-refractivity contribution in [2.75, 3.05) is 16.8 Å². The van der Waals surface area contributed by atoms with Gasteiger partial charge in [-0.05, 0) is 55.5 Å². The molecule has 5 aromatic rings. The zero-order chi connectivity index (χ0) is 24.2. The Balaban J connectivity index is 1.36. The number of hydrogen-bond acceptors (Lipinski definition) is 4. The van der Waals surface area contributed by atoms with Crippen LogP contribution in [-0.4, -0.2) is 25.4 Å². The van der Waals surface area contributed by atoms with Gasteiger partial charge in [0.15, 0.2) is 0 Å². The Kier molecular flexibility index (Phi) is 4.89. The smallest absolute Gasteiger partial charge is 0.244 e. The van der Waals surface area contributed by atoms with Gasteiger partial charge in [0, 0.05) is 34.0 Å². The summed E-state index contributed by atoms with van der Waals surface area (Å²) in [5.74, 6) is -0.229. The molecule has 1 aromatic heterocycles. The third-order valence-electron chi connectivity index (χ3n) is 6.57. The van der Waals surface area contributed by atoms with Crippen molar-refractivity contribution in [3.63, 3.8) is 0 Å². The molecule has 6 nitrogen and oxygen atoms in total. The molecule has 0 fully saturated rings. The molecule has 0 aliphatic carbocycles. The van der Waals surface area contributed by atoms with Crippen LogP contribution in [0, 0.1) is 0 Å². The lowest BCUT2D eigenvalue weighted by molar-refractivity contribution is -0.114. The van der Waals surface area contributed by atoms with Crippen molar-refractivity contribution in [1.82, 2.24) is 4.57 Å². The Hall–Kier alpha value is -4.10. The second kappa shape index (κ2) is 7.99. The number of fused-ring (bicyclic) bond motifs is 5. The molecular formula is C28H23N3O3S. The normalized spacial score (nSPS) is 14.0. The molecule has 7 heteroatoms. The summed E-state index contributed by atoms with van der Waals surface area (Å²) in [5.41, 5.74) is 3.99. The number of hydrogen-bond donors (Lipinski definition) is 1. The van der Waals surface area contributed by atoms with E-state index < -0.39 is 9.84 Å². The number of carbonyl (C=O) groups is 1. The number of nitrogens with one attached hydrogen (secondary N) is 1. The zero-order valence-corrected chi connectivity index (χ0v) is 19.9. The van der Waals surface area contributed by atoms with E-state index in [1.54, 1.807) is 53.4 Å². The number of amides is 1. The quantitative estimate of drug-likeness (QED) is 0.355. The van der Waals surface area contributed by atoms with Gasteiger partial charge in [-0.25, -0.2) is 8.42 Å². The van der Waals surface area contributed by atoms with Crippen LogP contribution >= 0.6 is 0 Å². The minimum absolute atomic E-state index is 0.0156. The largest absolute Gasteiger partial charge is 0.341 e. The molecule has 1 aliphatic heterocycles. The summed E-state index contributed by atoms with van der Waals surface area (Å²) in [6.45, 7) is 2.96. The number of nitrogens with zero attached hydrogens (tertiary/aromatic N) is 2. The standard InChI is InChI=1S/C28H23N3O3S/c1-2-30-22-10-4-3-9-20(22)21-17-19(15-16-23(21)30)29-28(32)18-31-24-11-5-7-13-26(24)35(33,34)27-14-8-6-12-25(27)31/h3-17H,2,18H2,1H3,(H,29,32). The van der Waals surface area contributed by atoms with Gasteiger partial charge in [0.25, 0.3) is 0 Å².